The Balaban J connectivity index is 1.57. The number of halogens is 1. The van der Waals surface area contributed by atoms with Crippen LogP contribution >= 0.6 is 23.4 Å². The van der Waals surface area contributed by atoms with E-state index >= 15 is 0 Å². The number of amides is 1. The largest absolute Gasteiger partial charge is 0.343 e. The van der Waals surface area contributed by atoms with Crippen LogP contribution in [0.15, 0.2) is 47.5 Å². The number of benzene rings is 1. The smallest absolute Gasteiger partial charge is 0.329 e. The van der Waals surface area contributed by atoms with Crippen molar-refractivity contribution in [3.63, 3.8) is 0 Å². The molecular weight excluding hydrogens is 458 g/mol. The molecule has 0 radical (unpaired) electrons. The van der Waals surface area contributed by atoms with E-state index in [1.807, 2.05) is 34.5 Å². The first-order valence-corrected chi connectivity index (χ1v) is 12.8. The Labute approximate surface area is 200 Å². The third-order valence-corrected chi connectivity index (χ3v) is 7.37. The van der Waals surface area contributed by atoms with Crippen molar-refractivity contribution in [1.29, 1.82) is 0 Å². The summed E-state index contributed by atoms with van der Waals surface area (Å²) in [5.41, 5.74) is 3.79. The summed E-state index contributed by atoms with van der Waals surface area (Å²) in [4.78, 5) is 31.3. The fourth-order valence-electron chi connectivity index (χ4n) is 4.73. The van der Waals surface area contributed by atoms with Crippen molar-refractivity contribution in [3.05, 3.63) is 63.9 Å². The van der Waals surface area contributed by atoms with Crippen LogP contribution in [0.1, 0.15) is 25.1 Å². The molecule has 9 heteroatoms. The number of hydrogen-bond donors (Lipinski definition) is 0. The maximum atomic E-state index is 13.6. The van der Waals surface area contributed by atoms with E-state index in [4.69, 9.17) is 11.6 Å². The minimum atomic E-state index is -0.0647. The standard InChI is InChI=1S/C24H26ClN5O2S/c1-16(31)27-13-20(14-27)30-22-6-7-26-12-23(22)29(24(30)32)15-19-11-17-10-18(25)4-5-21(17)28(19)8-3-9-33-2/h4-7,10-12,20H,3,8-9,13-15H2,1-2H3. The number of likely N-dealkylation sites (tertiary alicyclic amines) is 1. The molecule has 7 nitrogen and oxygen atoms in total. The molecule has 4 heterocycles. The van der Waals surface area contributed by atoms with Crippen molar-refractivity contribution < 1.29 is 4.79 Å². The number of aryl methyl sites for hydroxylation is 1. The summed E-state index contributed by atoms with van der Waals surface area (Å²) in [7, 11) is 0. The van der Waals surface area contributed by atoms with E-state index in [9.17, 15) is 9.59 Å². The van der Waals surface area contributed by atoms with Crippen LogP contribution < -0.4 is 5.69 Å². The fourth-order valence-corrected chi connectivity index (χ4v) is 5.33. The van der Waals surface area contributed by atoms with Crippen molar-refractivity contribution in [1.82, 2.24) is 23.6 Å². The molecule has 1 aromatic carbocycles. The summed E-state index contributed by atoms with van der Waals surface area (Å²) in [5.74, 6) is 1.11. The normalized spacial score (nSPS) is 14.3. The van der Waals surface area contributed by atoms with E-state index in [0.717, 1.165) is 46.3 Å². The van der Waals surface area contributed by atoms with Crippen LogP contribution in [-0.2, 0) is 17.9 Å². The number of imidazole rings is 1. The molecule has 3 aromatic heterocycles. The van der Waals surface area contributed by atoms with Crippen LogP contribution in [0.25, 0.3) is 21.9 Å². The minimum Gasteiger partial charge on any atom is -0.343 e. The Bertz CT molecular complexity index is 1400. The number of aromatic nitrogens is 4. The predicted octanol–water partition coefficient (Wildman–Crippen LogP) is 4.01. The van der Waals surface area contributed by atoms with Crippen LogP contribution in [-0.4, -0.2) is 54.6 Å². The monoisotopic (exact) mass is 483 g/mol. The highest BCUT2D eigenvalue weighted by Crippen LogP contribution is 2.27. The highest BCUT2D eigenvalue weighted by Gasteiger charge is 2.33. The first-order valence-electron chi connectivity index (χ1n) is 11.0. The van der Waals surface area contributed by atoms with Gasteiger partial charge in [0.25, 0.3) is 0 Å². The number of carbonyl (C=O) groups is 1. The van der Waals surface area contributed by atoms with E-state index in [2.05, 4.69) is 27.9 Å². The van der Waals surface area contributed by atoms with Crippen molar-refractivity contribution >= 4 is 51.2 Å². The van der Waals surface area contributed by atoms with Crippen LogP contribution in [0.4, 0.5) is 0 Å². The molecule has 5 rings (SSSR count). The van der Waals surface area contributed by atoms with E-state index in [-0.39, 0.29) is 17.6 Å². The van der Waals surface area contributed by atoms with E-state index in [1.54, 1.807) is 28.8 Å². The van der Waals surface area contributed by atoms with Gasteiger partial charge in [-0.1, -0.05) is 11.6 Å². The van der Waals surface area contributed by atoms with E-state index < -0.39 is 0 Å². The number of fused-ring (bicyclic) bond motifs is 2. The molecule has 0 aliphatic carbocycles. The van der Waals surface area contributed by atoms with Gasteiger partial charge in [-0.15, -0.1) is 0 Å². The van der Waals surface area contributed by atoms with Gasteiger partial charge in [-0.25, -0.2) is 4.79 Å². The first kappa shape index (κ1) is 22.1. The van der Waals surface area contributed by atoms with Crippen molar-refractivity contribution in [2.24, 2.45) is 0 Å². The van der Waals surface area contributed by atoms with Crippen LogP contribution in [0.2, 0.25) is 5.02 Å². The summed E-state index contributed by atoms with van der Waals surface area (Å²) in [6.07, 6.45) is 6.63. The molecule has 0 N–H and O–H groups in total. The van der Waals surface area contributed by atoms with Gasteiger partial charge in [0.2, 0.25) is 5.91 Å². The van der Waals surface area contributed by atoms with Crippen LogP contribution in [0, 0.1) is 0 Å². The van der Waals surface area contributed by atoms with Gasteiger partial charge in [-0.05, 0) is 48.8 Å². The lowest BCUT2D eigenvalue weighted by atomic mass is 10.1. The quantitative estimate of drug-likeness (QED) is 0.372. The highest BCUT2D eigenvalue weighted by atomic mass is 35.5. The van der Waals surface area contributed by atoms with E-state index in [1.165, 1.54) is 0 Å². The topological polar surface area (TPSA) is 65.1 Å². The Morgan fingerprint density at radius 3 is 2.73 bits per heavy atom. The average Bonchev–Trinajstić information content (AvgIpc) is 3.23. The lowest BCUT2D eigenvalue weighted by Crippen LogP contribution is -2.52. The van der Waals surface area contributed by atoms with Gasteiger partial charge in [0.15, 0.2) is 0 Å². The predicted molar refractivity (Wildman–Crippen MR) is 134 cm³/mol. The number of nitrogens with zero attached hydrogens (tertiary/aromatic N) is 5. The van der Waals surface area contributed by atoms with Gasteiger partial charge in [0.05, 0.1) is 29.8 Å². The summed E-state index contributed by atoms with van der Waals surface area (Å²) in [6, 6.07) is 9.95. The van der Waals surface area contributed by atoms with Gasteiger partial charge < -0.3 is 9.47 Å². The molecule has 33 heavy (non-hydrogen) atoms. The zero-order valence-corrected chi connectivity index (χ0v) is 20.3. The summed E-state index contributed by atoms with van der Waals surface area (Å²) >= 11 is 8.09. The second kappa shape index (κ2) is 8.91. The van der Waals surface area contributed by atoms with Gasteiger partial charge in [0.1, 0.15) is 0 Å². The second-order valence-electron chi connectivity index (χ2n) is 8.52. The summed E-state index contributed by atoms with van der Waals surface area (Å²) in [5, 5.41) is 1.78. The molecule has 4 aromatic rings. The molecule has 0 saturated carbocycles. The number of rotatable bonds is 7. The highest BCUT2D eigenvalue weighted by molar-refractivity contribution is 7.98. The van der Waals surface area contributed by atoms with Crippen molar-refractivity contribution in [2.45, 2.75) is 32.5 Å². The fraction of sp³-hybridized carbons (Fsp3) is 0.375. The van der Waals surface area contributed by atoms with Crippen molar-refractivity contribution in [2.75, 3.05) is 25.1 Å². The van der Waals surface area contributed by atoms with Gasteiger partial charge >= 0.3 is 5.69 Å². The van der Waals surface area contributed by atoms with Gasteiger partial charge in [0, 0.05) is 54.4 Å². The van der Waals surface area contributed by atoms with Gasteiger partial charge in [-0.2, -0.15) is 11.8 Å². The third kappa shape index (κ3) is 3.95. The zero-order chi connectivity index (χ0) is 23.1. The number of hydrogen-bond acceptors (Lipinski definition) is 4. The molecule has 1 amide bonds. The molecule has 0 spiro atoms. The number of carbonyl (C=O) groups excluding carboxylic acids is 1. The lowest BCUT2D eigenvalue weighted by Gasteiger charge is -2.39. The maximum absolute atomic E-state index is 13.6. The molecule has 1 saturated heterocycles. The molecule has 1 aliphatic heterocycles. The zero-order valence-electron chi connectivity index (χ0n) is 18.7. The average molecular weight is 484 g/mol. The summed E-state index contributed by atoms with van der Waals surface area (Å²) in [6.45, 7) is 4.01. The Morgan fingerprint density at radius 2 is 1.97 bits per heavy atom. The number of pyridine rings is 1. The van der Waals surface area contributed by atoms with Crippen molar-refractivity contribution in [3.8, 4) is 0 Å². The Kier molecular flexibility index (Phi) is 5.97. The SMILES string of the molecule is CSCCCn1c(Cn2c(=O)n(C3CN(C(C)=O)C3)c3ccncc32)cc2cc(Cl)ccc21. The molecule has 0 bridgehead atoms. The second-order valence-corrected chi connectivity index (χ2v) is 9.94. The molecule has 0 atom stereocenters. The molecule has 172 valence electrons. The third-order valence-electron chi connectivity index (χ3n) is 6.44. The van der Waals surface area contributed by atoms with Gasteiger partial charge in [-0.3, -0.25) is 18.9 Å². The molecular formula is C24H26ClN5O2S. The Morgan fingerprint density at radius 1 is 1.15 bits per heavy atom. The van der Waals surface area contributed by atoms with Crippen LogP contribution in [0.3, 0.4) is 0 Å². The molecule has 1 fully saturated rings. The van der Waals surface area contributed by atoms with Crippen LogP contribution in [0.5, 0.6) is 0 Å². The molecule has 0 unspecified atom stereocenters. The first-order chi connectivity index (χ1) is 16.0. The summed E-state index contributed by atoms with van der Waals surface area (Å²) < 4.78 is 5.93. The lowest BCUT2D eigenvalue weighted by molar-refractivity contribution is -0.134. The van der Waals surface area contributed by atoms with E-state index in [0.29, 0.717) is 24.7 Å². The minimum absolute atomic E-state index is 0.0150. The number of thioether (sulfide) groups is 1. The maximum Gasteiger partial charge on any atom is 0.329 e. The Hall–Kier alpha value is -2.71. The molecule has 1 aliphatic rings.